The Morgan fingerprint density at radius 2 is 1.92 bits per heavy atom. The van der Waals surface area contributed by atoms with Gasteiger partial charge in [0.15, 0.2) is 6.10 Å². The lowest BCUT2D eigenvalue weighted by molar-refractivity contribution is -0.164. The van der Waals surface area contributed by atoms with Crippen molar-refractivity contribution in [2.75, 3.05) is 0 Å². The van der Waals surface area contributed by atoms with Crippen molar-refractivity contribution in [3.8, 4) is 5.75 Å². The third kappa shape index (κ3) is 3.17. The van der Waals surface area contributed by atoms with Gasteiger partial charge < -0.3 is 19.0 Å². The number of ether oxygens (including phenoxy) is 2. The maximum Gasteiger partial charge on any atom is 0.336 e. The highest BCUT2D eigenvalue weighted by molar-refractivity contribution is 5.85. The van der Waals surface area contributed by atoms with Gasteiger partial charge in [-0.05, 0) is 45.9 Å². The lowest BCUT2D eigenvalue weighted by Gasteiger charge is -2.41. The molecule has 1 aromatic heterocycles. The van der Waals surface area contributed by atoms with E-state index in [-0.39, 0.29) is 5.58 Å². The number of aliphatic hydroxyl groups is 1. The van der Waals surface area contributed by atoms with E-state index >= 15 is 0 Å². The van der Waals surface area contributed by atoms with E-state index in [9.17, 15) is 14.7 Å². The SMILES string of the molecule is CC(C)=CC(=O)O[C@@H]1c2c(ccc3ccc(=O)oc23)OC(C)(C)[C@H]1O. The van der Waals surface area contributed by atoms with Crippen molar-refractivity contribution in [3.63, 3.8) is 0 Å². The van der Waals surface area contributed by atoms with Crippen molar-refractivity contribution in [1.29, 1.82) is 0 Å². The fourth-order valence-electron chi connectivity index (χ4n) is 2.88. The first kappa shape index (κ1) is 17.2. The number of allylic oxidation sites excluding steroid dienone is 1. The van der Waals surface area contributed by atoms with Crippen LogP contribution in [-0.4, -0.2) is 22.8 Å². The maximum atomic E-state index is 12.1. The summed E-state index contributed by atoms with van der Waals surface area (Å²) in [7, 11) is 0. The Morgan fingerprint density at radius 3 is 2.60 bits per heavy atom. The van der Waals surface area contributed by atoms with Gasteiger partial charge >= 0.3 is 11.6 Å². The van der Waals surface area contributed by atoms with Crippen molar-refractivity contribution in [2.45, 2.75) is 45.5 Å². The van der Waals surface area contributed by atoms with Gasteiger partial charge in [-0.15, -0.1) is 0 Å². The Bertz CT molecular complexity index is 917. The van der Waals surface area contributed by atoms with Gasteiger partial charge in [-0.1, -0.05) is 5.57 Å². The van der Waals surface area contributed by atoms with Gasteiger partial charge in [0.2, 0.25) is 0 Å². The Hall–Kier alpha value is -2.60. The lowest BCUT2D eigenvalue weighted by Crippen LogP contribution is -2.49. The van der Waals surface area contributed by atoms with Crippen molar-refractivity contribution in [1.82, 2.24) is 0 Å². The van der Waals surface area contributed by atoms with Crippen molar-refractivity contribution in [3.05, 3.63) is 51.9 Å². The molecule has 2 atom stereocenters. The maximum absolute atomic E-state index is 12.1. The molecule has 132 valence electrons. The van der Waals surface area contributed by atoms with Crippen LogP contribution in [0.5, 0.6) is 5.75 Å². The average molecular weight is 344 g/mol. The number of fused-ring (bicyclic) bond motifs is 3. The highest BCUT2D eigenvalue weighted by Crippen LogP contribution is 2.45. The second kappa shape index (κ2) is 6.04. The highest BCUT2D eigenvalue weighted by Gasteiger charge is 2.46. The van der Waals surface area contributed by atoms with E-state index in [0.29, 0.717) is 16.7 Å². The summed E-state index contributed by atoms with van der Waals surface area (Å²) in [5.41, 5.74) is -0.136. The van der Waals surface area contributed by atoms with Gasteiger partial charge in [-0.25, -0.2) is 9.59 Å². The number of carbonyl (C=O) groups excluding carboxylic acids is 1. The van der Waals surface area contributed by atoms with Crippen molar-refractivity contribution >= 4 is 16.9 Å². The Kier molecular flexibility index (Phi) is 4.16. The average Bonchev–Trinajstić information content (AvgIpc) is 2.50. The van der Waals surface area contributed by atoms with E-state index in [4.69, 9.17) is 13.9 Å². The number of carbonyl (C=O) groups is 1. The second-order valence-electron chi connectivity index (χ2n) is 6.88. The van der Waals surface area contributed by atoms with E-state index < -0.39 is 29.4 Å². The first-order valence-electron chi connectivity index (χ1n) is 7.98. The fraction of sp³-hybridized carbons (Fsp3) is 0.368. The molecular weight excluding hydrogens is 324 g/mol. The molecule has 6 heteroatoms. The molecule has 2 heterocycles. The summed E-state index contributed by atoms with van der Waals surface area (Å²) < 4.78 is 16.7. The number of hydrogen-bond donors (Lipinski definition) is 1. The first-order valence-corrected chi connectivity index (χ1v) is 7.98. The lowest BCUT2D eigenvalue weighted by atomic mass is 9.87. The summed E-state index contributed by atoms with van der Waals surface area (Å²) in [4.78, 5) is 23.8. The zero-order valence-electron chi connectivity index (χ0n) is 14.5. The molecule has 0 saturated carbocycles. The molecule has 0 spiro atoms. The molecule has 1 aromatic carbocycles. The van der Waals surface area contributed by atoms with Gasteiger partial charge in [0.1, 0.15) is 23.0 Å². The minimum absolute atomic E-state index is 0.245. The van der Waals surface area contributed by atoms with Crippen LogP contribution in [0.15, 0.2) is 45.1 Å². The fourth-order valence-corrected chi connectivity index (χ4v) is 2.88. The Labute approximate surface area is 144 Å². The van der Waals surface area contributed by atoms with Gasteiger partial charge in [-0.3, -0.25) is 0 Å². The number of rotatable bonds is 2. The molecule has 3 rings (SSSR count). The molecule has 0 fully saturated rings. The molecule has 0 saturated heterocycles. The normalized spacial score (nSPS) is 21.2. The molecule has 2 aromatic rings. The number of hydrogen-bond acceptors (Lipinski definition) is 6. The molecule has 25 heavy (non-hydrogen) atoms. The molecule has 1 aliphatic heterocycles. The van der Waals surface area contributed by atoms with Crippen LogP contribution in [0.1, 0.15) is 39.4 Å². The largest absolute Gasteiger partial charge is 0.484 e. The van der Waals surface area contributed by atoms with Gasteiger partial charge in [0.25, 0.3) is 0 Å². The monoisotopic (exact) mass is 344 g/mol. The first-order chi connectivity index (χ1) is 11.7. The predicted molar refractivity (Wildman–Crippen MR) is 91.5 cm³/mol. The van der Waals surface area contributed by atoms with Crippen LogP contribution in [0.3, 0.4) is 0 Å². The summed E-state index contributed by atoms with van der Waals surface area (Å²) >= 11 is 0. The molecule has 0 radical (unpaired) electrons. The van der Waals surface area contributed by atoms with Gasteiger partial charge in [0, 0.05) is 17.5 Å². The summed E-state index contributed by atoms with van der Waals surface area (Å²) in [5.74, 6) is -0.171. The number of esters is 1. The minimum Gasteiger partial charge on any atom is -0.484 e. The van der Waals surface area contributed by atoms with Crippen molar-refractivity contribution < 1.29 is 23.8 Å². The number of aliphatic hydroxyl groups excluding tert-OH is 1. The quantitative estimate of drug-likeness (QED) is 0.512. The topological polar surface area (TPSA) is 86.0 Å². The van der Waals surface area contributed by atoms with E-state index in [1.165, 1.54) is 12.1 Å². The molecule has 0 bridgehead atoms. The van der Waals surface area contributed by atoms with Crippen LogP contribution in [-0.2, 0) is 9.53 Å². The smallest absolute Gasteiger partial charge is 0.336 e. The molecule has 1 N–H and O–H groups in total. The Balaban J connectivity index is 2.20. The third-order valence-corrected chi connectivity index (χ3v) is 4.09. The van der Waals surface area contributed by atoms with Crippen LogP contribution < -0.4 is 10.4 Å². The Morgan fingerprint density at radius 1 is 1.24 bits per heavy atom. The number of benzene rings is 1. The van der Waals surface area contributed by atoms with E-state index in [2.05, 4.69) is 0 Å². The second-order valence-corrected chi connectivity index (χ2v) is 6.88. The molecule has 0 unspecified atom stereocenters. The van der Waals surface area contributed by atoms with E-state index in [1.54, 1.807) is 45.9 Å². The summed E-state index contributed by atoms with van der Waals surface area (Å²) in [6.45, 7) is 6.95. The van der Waals surface area contributed by atoms with Crippen LogP contribution >= 0.6 is 0 Å². The van der Waals surface area contributed by atoms with Gasteiger partial charge in [0.05, 0.1) is 5.56 Å². The van der Waals surface area contributed by atoms with Crippen molar-refractivity contribution in [2.24, 2.45) is 0 Å². The minimum atomic E-state index is -1.13. The summed E-state index contributed by atoms with van der Waals surface area (Å²) in [5, 5.41) is 11.4. The highest BCUT2D eigenvalue weighted by atomic mass is 16.6. The van der Waals surface area contributed by atoms with Crippen LogP contribution in [0, 0.1) is 0 Å². The summed E-state index contributed by atoms with van der Waals surface area (Å²) in [6.07, 6.45) is -0.808. The van der Waals surface area contributed by atoms with E-state index in [1.807, 2.05) is 0 Å². The third-order valence-electron chi connectivity index (χ3n) is 4.09. The molecular formula is C19H20O6. The zero-order chi connectivity index (χ0) is 18.4. The predicted octanol–water partition coefficient (Wildman–Crippen LogP) is 2.88. The van der Waals surface area contributed by atoms with Crippen LogP contribution in [0.2, 0.25) is 0 Å². The van der Waals surface area contributed by atoms with Gasteiger partial charge in [-0.2, -0.15) is 0 Å². The zero-order valence-corrected chi connectivity index (χ0v) is 14.5. The summed E-state index contributed by atoms with van der Waals surface area (Å²) in [6, 6.07) is 6.39. The van der Waals surface area contributed by atoms with Crippen LogP contribution in [0.4, 0.5) is 0 Å². The molecule has 6 nitrogen and oxygen atoms in total. The standard InChI is InChI=1S/C19H20O6/c1-10(2)9-14(21)24-17-15-12(25-19(3,4)18(17)22)7-5-11-6-8-13(20)23-16(11)15/h5-9,17-18,22H,1-4H3/t17-,18+/m1/s1. The van der Waals surface area contributed by atoms with E-state index in [0.717, 1.165) is 5.57 Å². The molecule has 0 aliphatic carbocycles. The molecule has 0 amide bonds. The van der Waals surface area contributed by atoms with Crippen LogP contribution in [0.25, 0.3) is 11.0 Å². The molecule has 1 aliphatic rings.